The Morgan fingerprint density at radius 2 is 0.758 bits per heavy atom. The van der Waals surface area contributed by atoms with E-state index in [1.54, 1.807) is 0 Å². The molecule has 6 heteroatoms. The summed E-state index contributed by atoms with van der Waals surface area (Å²) in [4.78, 5) is 14.9. The number of aromatic nitrogens is 3. The molecule has 0 aliphatic rings. The van der Waals surface area contributed by atoms with Gasteiger partial charge in [-0.3, -0.25) is 0 Å². The van der Waals surface area contributed by atoms with Crippen molar-refractivity contribution in [2.75, 3.05) is 29.5 Å². The van der Waals surface area contributed by atoms with Gasteiger partial charge >= 0.3 is 0 Å². The minimum Gasteiger partial charge on any atom is -0.368 e. The maximum absolute atomic E-state index is 5.83. The molecule has 0 aromatic carbocycles. The molecule has 0 aliphatic carbocycles. The molecule has 1 rings (SSSR count). The zero-order valence-electron chi connectivity index (χ0n) is 22.0. The van der Waals surface area contributed by atoms with Crippen LogP contribution in [0, 0.1) is 0 Å². The fourth-order valence-electron chi connectivity index (χ4n) is 4.43. The summed E-state index contributed by atoms with van der Waals surface area (Å²) in [6.07, 6.45) is 26.8. The molecule has 0 amide bonds. The highest BCUT2D eigenvalue weighted by atomic mass is 15.3. The highest BCUT2D eigenvalue weighted by Crippen LogP contribution is 2.16. The van der Waals surface area contributed by atoms with Crippen molar-refractivity contribution in [1.29, 1.82) is 0 Å². The monoisotopic (exact) mass is 462 g/mol. The Balaban J connectivity index is 2.25. The third kappa shape index (κ3) is 16.6. The lowest BCUT2D eigenvalue weighted by Crippen LogP contribution is -2.28. The molecule has 0 bridgehead atoms. The second kappa shape index (κ2) is 21.0. The number of nitrogens with zero attached hydrogens (tertiary/aromatic N) is 4. The van der Waals surface area contributed by atoms with Crippen LogP contribution < -0.4 is 16.4 Å². The molecular formula is C27H54N6. The first-order chi connectivity index (χ1) is 16.2. The molecule has 192 valence electrons. The molecule has 0 saturated heterocycles. The first kappa shape index (κ1) is 29.4. The summed E-state index contributed by atoms with van der Waals surface area (Å²) >= 11 is 0. The number of nitrogen functional groups attached to an aromatic ring is 2. The normalized spacial score (nSPS) is 11.2. The van der Waals surface area contributed by atoms with E-state index < -0.39 is 0 Å². The molecule has 0 fully saturated rings. The molecule has 0 spiro atoms. The van der Waals surface area contributed by atoms with E-state index in [0.29, 0.717) is 5.95 Å². The first-order valence-electron chi connectivity index (χ1n) is 14.2. The van der Waals surface area contributed by atoms with Crippen molar-refractivity contribution in [2.45, 2.75) is 142 Å². The van der Waals surface area contributed by atoms with Crippen molar-refractivity contribution in [1.82, 2.24) is 15.0 Å². The number of anilines is 3. The fraction of sp³-hybridized carbons (Fsp3) is 0.889. The minimum atomic E-state index is 0.216. The topological polar surface area (TPSA) is 94.0 Å². The molecule has 1 aromatic heterocycles. The maximum atomic E-state index is 5.83. The highest BCUT2D eigenvalue weighted by Gasteiger charge is 2.11. The van der Waals surface area contributed by atoms with Gasteiger partial charge in [-0.2, -0.15) is 15.0 Å². The number of unbranched alkanes of at least 4 members (excludes halogenated alkanes) is 18. The van der Waals surface area contributed by atoms with Crippen LogP contribution in [0.1, 0.15) is 142 Å². The molecule has 0 saturated carbocycles. The van der Waals surface area contributed by atoms with Crippen molar-refractivity contribution < 1.29 is 0 Å². The van der Waals surface area contributed by atoms with Gasteiger partial charge in [-0.25, -0.2) is 0 Å². The van der Waals surface area contributed by atoms with E-state index in [2.05, 4.69) is 33.7 Å². The average molecular weight is 463 g/mol. The Morgan fingerprint density at radius 3 is 1.09 bits per heavy atom. The quantitative estimate of drug-likeness (QED) is 0.162. The molecule has 1 aromatic rings. The Labute approximate surface area is 204 Å². The van der Waals surface area contributed by atoms with E-state index in [4.69, 9.17) is 11.5 Å². The van der Waals surface area contributed by atoms with Crippen LogP contribution >= 0.6 is 0 Å². The van der Waals surface area contributed by atoms with Gasteiger partial charge in [-0.15, -0.1) is 0 Å². The summed E-state index contributed by atoms with van der Waals surface area (Å²) in [5, 5.41) is 0. The second-order valence-corrected chi connectivity index (χ2v) is 9.70. The molecule has 6 nitrogen and oxygen atoms in total. The SMILES string of the molecule is CCCCCCCCCCCCN(CCCCCCCCCCCC)c1nc(N)nc(N)n1. The van der Waals surface area contributed by atoms with E-state index in [1.807, 2.05) is 0 Å². The zero-order valence-corrected chi connectivity index (χ0v) is 22.0. The van der Waals surface area contributed by atoms with Crippen LogP contribution in [-0.4, -0.2) is 28.0 Å². The van der Waals surface area contributed by atoms with E-state index in [9.17, 15) is 0 Å². The number of hydrogen-bond donors (Lipinski definition) is 2. The smallest absolute Gasteiger partial charge is 0.231 e. The van der Waals surface area contributed by atoms with Crippen molar-refractivity contribution in [2.24, 2.45) is 0 Å². The van der Waals surface area contributed by atoms with Crippen LogP contribution in [-0.2, 0) is 0 Å². The van der Waals surface area contributed by atoms with Gasteiger partial charge in [0.25, 0.3) is 0 Å². The Bertz CT molecular complexity index is 521. The lowest BCUT2D eigenvalue weighted by atomic mass is 10.1. The Morgan fingerprint density at radius 1 is 0.455 bits per heavy atom. The Hall–Kier alpha value is -1.59. The summed E-state index contributed by atoms with van der Waals surface area (Å²) < 4.78 is 0. The molecule has 0 unspecified atom stereocenters. The van der Waals surface area contributed by atoms with Gasteiger partial charge in [0.05, 0.1) is 0 Å². The lowest BCUT2D eigenvalue weighted by molar-refractivity contribution is 0.541. The molecule has 0 aliphatic heterocycles. The maximum Gasteiger partial charge on any atom is 0.231 e. The number of rotatable bonds is 23. The van der Waals surface area contributed by atoms with Crippen LogP contribution in [0.4, 0.5) is 17.8 Å². The van der Waals surface area contributed by atoms with Crippen LogP contribution in [0.15, 0.2) is 0 Å². The van der Waals surface area contributed by atoms with Gasteiger partial charge in [0, 0.05) is 13.1 Å². The highest BCUT2D eigenvalue weighted by molar-refractivity contribution is 5.39. The minimum absolute atomic E-state index is 0.216. The molecule has 4 N–H and O–H groups in total. The van der Waals surface area contributed by atoms with E-state index in [0.717, 1.165) is 13.1 Å². The third-order valence-corrected chi connectivity index (χ3v) is 6.50. The van der Waals surface area contributed by atoms with E-state index in [1.165, 1.54) is 128 Å². The fourth-order valence-corrected chi connectivity index (χ4v) is 4.43. The van der Waals surface area contributed by atoms with Gasteiger partial charge < -0.3 is 16.4 Å². The van der Waals surface area contributed by atoms with Crippen LogP contribution in [0.3, 0.4) is 0 Å². The predicted molar refractivity (Wildman–Crippen MR) is 145 cm³/mol. The van der Waals surface area contributed by atoms with Crippen molar-refractivity contribution in [3.8, 4) is 0 Å². The van der Waals surface area contributed by atoms with Crippen molar-refractivity contribution in [3.05, 3.63) is 0 Å². The van der Waals surface area contributed by atoms with Crippen molar-refractivity contribution >= 4 is 17.8 Å². The summed E-state index contributed by atoms with van der Waals surface area (Å²) in [5.74, 6) is 1.08. The van der Waals surface area contributed by atoms with Crippen LogP contribution in [0.2, 0.25) is 0 Å². The van der Waals surface area contributed by atoms with Gasteiger partial charge in [0.2, 0.25) is 17.8 Å². The van der Waals surface area contributed by atoms with Crippen molar-refractivity contribution in [3.63, 3.8) is 0 Å². The number of hydrogen-bond acceptors (Lipinski definition) is 6. The predicted octanol–water partition coefficient (Wildman–Crippen LogP) is 7.68. The summed E-state index contributed by atoms with van der Waals surface area (Å²) in [7, 11) is 0. The van der Waals surface area contributed by atoms with Gasteiger partial charge in [0.15, 0.2) is 0 Å². The zero-order chi connectivity index (χ0) is 24.0. The van der Waals surface area contributed by atoms with E-state index >= 15 is 0 Å². The van der Waals surface area contributed by atoms with Gasteiger partial charge in [0.1, 0.15) is 0 Å². The first-order valence-corrected chi connectivity index (χ1v) is 14.2. The molecule has 0 atom stereocenters. The largest absolute Gasteiger partial charge is 0.368 e. The second-order valence-electron chi connectivity index (χ2n) is 9.70. The van der Waals surface area contributed by atoms with Crippen LogP contribution in [0.5, 0.6) is 0 Å². The molecule has 33 heavy (non-hydrogen) atoms. The summed E-state index contributed by atoms with van der Waals surface area (Å²) in [6.45, 7) is 6.49. The van der Waals surface area contributed by atoms with Gasteiger partial charge in [-0.05, 0) is 12.8 Å². The van der Waals surface area contributed by atoms with Gasteiger partial charge in [-0.1, -0.05) is 129 Å². The summed E-state index contributed by atoms with van der Waals surface area (Å²) in [6, 6.07) is 0. The third-order valence-electron chi connectivity index (χ3n) is 6.50. The number of nitrogens with two attached hydrogens (primary N) is 2. The standard InChI is InChI=1S/C27H54N6/c1-3-5-7-9-11-13-15-17-19-21-23-33(27-31-25(28)30-26(29)32-27)24-22-20-18-16-14-12-10-8-6-4-2/h3-24H2,1-2H3,(H4,28,29,30,31,32). The van der Waals surface area contributed by atoms with Crippen LogP contribution in [0.25, 0.3) is 0 Å². The Kier molecular flexibility index (Phi) is 18.7. The summed E-state index contributed by atoms with van der Waals surface area (Å²) in [5.41, 5.74) is 11.7. The molecule has 0 radical (unpaired) electrons. The lowest BCUT2D eigenvalue weighted by Gasteiger charge is -2.23. The molecular weight excluding hydrogens is 408 g/mol. The van der Waals surface area contributed by atoms with E-state index in [-0.39, 0.29) is 11.9 Å². The molecule has 1 heterocycles. The average Bonchev–Trinajstić information content (AvgIpc) is 2.79.